The Balaban J connectivity index is 1.58. The van der Waals surface area contributed by atoms with Gasteiger partial charge in [0.1, 0.15) is 17.5 Å². The van der Waals surface area contributed by atoms with Crippen molar-refractivity contribution in [2.24, 2.45) is 12.8 Å². The first kappa shape index (κ1) is 17.7. The standard InChI is InChI=1S/C20H20N6O2/c1-26-16-10-12(20(27)28-2)4-6-14(16)25-18(26)8-7-17-23-13-5-3-11(19(21)22)9-15(13)24-17/h3-6,9-10H,7-8H2,1-2H3,(H3,21,22)(H,23,24). The average molecular weight is 376 g/mol. The van der Waals surface area contributed by atoms with Gasteiger partial charge in [0.25, 0.3) is 0 Å². The van der Waals surface area contributed by atoms with E-state index in [1.807, 2.05) is 23.7 Å². The van der Waals surface area contributed by atoms with Gasteiger partial charge in [0, 0.05) is 25.5 Å². The van der Waals surface area contributed by atoms with Crippen LogP contribution in [0.5, 0.6) is 0 Å². The Bertz CT molecular complexity index is 1220. The fraction of sp³-hybridized carbons (Fsp3) is 0.200. The Morgan fingerprint density at radius 2 is 1.93 bits per heavy atom. The molecule has 0 aliphatic rings. The molecule has 0 aliphatic carbocycles. The number of esters is 1. The number of nitrogens with one attached hydrogen (secondary N) is 2. The zero-order valence-corrected chi connectivity index (χ0v) is 15.6. The summed E-state index contributed by atoms with van der Waals surface area (Å²) in [5.41, 5.74) is 10.1. The normalized spacial score (nSPS) is 11.2. The van der Waals surface area contributed by atoms with Crippen LogP contribution in [0.4, 0.5) is 0 Å². The molecular weight excluding hydrogens is 356 g/mol. The first-order valence-corrected chi connectivity index (χ1v) is 8.83. The second kappa shape index (κ2) is 6.80. The molecule has 0 atom stereocenters. The number of aromatic nitrogens is 4. The highest BCUT2D eigenvalue weighted by atomic mass is 16.5. The van der Waals surface area contributed by atoms with Crippen LogP contribution in [-0.4, -0.2) is 38.4 Å². The summed E-state index contributed by atoms with van der Waals surface area (Å²) in [6, 6.07) is 10.8. The smallest absolute Gasteiger partial charge is 0.337 e. The first-order valence-electron chi connectivity index (χ1n) is 8.83. The van der Waals surface area contributed by atoms with Crippen LogP contribution in [0.1, 0.15) is 27.6 Å². The number of carbonyl (C=O) groups excluding carboxylic acids is 1. The third kappa shape index (κ3) is 3.09. The number of benzene rings is 2. The molecule has 0 fully saturated rings. The number of nitrogens with zero attached hydrogens (tertiary/aromatic N) is 3. The number of ether oxygens (including phenoxy) is 1. The lowest BCUT2D eigenvalue weighted by atomic mass is 10.2. The molecule has 4 N–H and O–H groups in total. The van der Waals surface area contributed by atoms with Crippen molar-refractivity contribution in [3.8, 4) is 0 Å². The summed E-state index contributed by atoms with van der Waals surface area (Å²) in [7, 11) is 3.30. The molecule has 4 aromatic rings. The van der Waals surface area contributed by atoms with Crippen molar-refractivity contribution in [2.75, 3.05) is 7.11 Å². The Labute approximate surface area is 160 Å². The minimum absolute atomic E-state index is 0.0254. The second-order valence-corrected chi connectivity index (χ2v) is 6.61. The minimum Gasteiger partial charge on any atom is -0.465 e. The number of carbonyl (C=O) groups is 1. The van der Waals surface area contributed by atoms with Crippen LogP contribution in [-0.2, 0) is 24.6 Å². The van der Waals surface area contributed by atoms with E-state index >= 15 is 0 Å². The summed E-state index contributed by atoms with van der Waals surface area (Å²) in [4.78, 5) is 24.3. The molecule has 0 saturated carbocycles. The Morgan fingerprint density at radius 1 is 1.14 bits per heavy atom. The molecule has 0 unspecified atom stereocenters. The topological polar surface area (TPSA) is 123 Å². The molecule has 2 aromatic carbocycles. The van der Waals surface area contributed by atoms with Gasteiger partial charge in [-0.25, -0.2) is 14.8 Å². The molecule has 0 amide bonds. The molecule has 142 valence electrons. The third-order valence-electron chi connectivity index (χ3n) is 4.82. The number of amidine groups is 1. The Kier molecular flexibility index (Phi) is 4.31. The molecule has 0 saturated heterocycles. The summed E-state index contributed by atoms with van der Waals surface area (Å²) in [6.45, 7) is 0. The zero-order valence-electron chi connectivity index (χ0n) is 15.6. The van der Waals surface area contributed by atoms with Crippen LogP contribution >= 0.6 is 0 Å². The summed E-state index contributed by atoms with van der Waals surface area (Å²) >= 11 is 0. The van der Waals surface area contributed by atoms with Crippen molar-refractivity contribution in [1.29, 1.82) is 5.41 Å². The monoisotopic (exact) mass is 376 g/mol. The molecule has 0 radical (unpaired) electrons. The van der Waals surface area contributed by atoms with Gasteiger partial charge in [-0.15, -0.1) is 0 Å². The number of H-pyrrole nitrogens is 1. The molecule has 0 bridgehead atoms. The van der Waals surface area contributed by atoms with E-state index in [9.17, 15) is 4.79 Å². The number of fused-ring (bicyclic) bond motifs is 2. The van der Waals surface area contributed by atoms with Gasteiger partial charge in [-0.05, 0) is 36.4 Å². The van der Waals surface area contributed by atoms with E-state index in [2.05, 4.69) is 15.0 Å². The van der Waals surface area contributed by atoms with Crippen molar-refractivity contribution in [2.45, 2.75) is 12.8 Å². The summed E-state index contributed by atoms with van der Waals surface area (Å²) < 4.78 is 6.77. The van der Waals surface area contributed by atoms with E-state index in [1.54, 1.807) is 24.3 Å². The number of aromatic amines is 1. The van der Waals surface area contributed by atoms with Gasteiger partial charge in [-0.3, -0.25) is 5.41 Å². The van der Waals surface area contributed by atoms with Crippen molar-refractivity contribution in [3.63, 3.8) is 0 Å². The van der Waals surface area contributed by atoms with Crippen LogP contribution in [0.15, 0.2) is 36.4 Å². The van der Waals surface area contributed by atoms with E-state index < -0.39 is 0 Å². The van der Waals surface area contributed by atoms with Crippen LogP contribution < -0.4 is 5.73 Å². The Morgan fingerprint density at radius 3 is 2.68 bits per heavy atom. The van der Waals surface area contributed by atoms with Crippen LogP contribution in [0.25, 0.3) is 22.1 Å². The molecule has 4 rings (SSSR count). The van der Waals surface area contributed by atoms with Crippen LogP contribution in [0, 0.1) is 5.41 Å². The SMILES string of the molecule is COC(=O)c1ccc2nc(CCc3nc4cc(C(=N)N)ccc4[nH]3)n(C)c2c1. The van der Waals surface area contributed by atoms with Crippen molar-refractivity contribution in [3.05, 3.63) is 59.2 Å². The van der Waals surface area contributed by atoms with Gasteiger partial charge >= 0.3 is 5.97 Å². The number of hydrogen-bond donors (Lipinski definition) is 3. The lowest BCUT2D eigenvalue weighted by Gasteiger charge is -2.02. The number of nitrogens with two attached hydrogens (primary N) is 1. The summed E-state index contributed by atoms with van der Waals surface area (Å²) in [5, 5.41) is 7.54. The number of methoxy groups -OCH3 is 1. The maximum Gasteiger partial charge on any atom is 0.337 e. The molecular formula is C20H20N6O2. The number of nitrogen functional groups attached to an aromatic ring is 1. The Hall–Kier alpha value is -3.68. The zero-order chi connectivity index (χ0) is 19.8. The van der Waals surface area contributed by atoms with Crippen LogP contribution in [0.2, 0.25) is 0 Å². The van der Waals surface area contributed by atoms with E-state index in [0.29, 0.717) is 24.0 Å². The molecule has 8 heteroatoms. The number of rotatable bonds is 5. The largest absolute Gasteiger partial charge is 0.465 e. The molecule has 2 aromatic heterocycles. The maximum atomic E-state index is 11.8. The number of aryl methyl sites for hydroxylation is 3. The van der Waals surface area contributed by atoms with Gasteiger partial charge in [0.2, 0.25) is 0 Å². The molecule has 8 nitrogen and oxygen atoms in total. The first-order chi connectivity index (χ1) is 13.5. The second-order valence-electron chi connectivity index (χ2n) is 6.61. The number of hydrogen-bond acceptors (Lipinski definition) is 5. The summed E-state index contributed by atoms with van der Waals surface area (Å²) in [5.74, 6) is 1.41. The van der Waals surface area contributed by atoms with Crippen molar-refractivity contribution in [1.82, 2.24) is 19.5 Å². The highest BCUT2D eigenvalue weighted by Crippen LogP contribution is 2.19. The van der Waals surface area contributed by atoms with Gasteiger partial charge < -0.3 is 20.0 Å². The van der Waals surface area contributed by atoms with E-state index in [4.69, 9.17) is 15.9 Å². The number of imidazole rings is 2. The highest BCUT2D eigenvalue weighted by Gasteiger charge is 2.13. The predicted octanol–water partition coefficient (Wildman–Crippen LogP) is 2.31. The fourth-order valence-electron chi connectivity index (χ4n) is 3.28. The van der Waals surface area contributed by atoms with Gasteiger partial charge in [0.15, 0.2) is 0 Å². The third-order valence-corrected chi connectivity index (χ3v) is 4.82. The average Bonchev–Trinajstić information content (AvgIpc) is 3.25. The van der Waals surface area contributed by atoms with Gasteiger partial charge in [-0.1, -0.05) is 0 Å². The van der Waals surface area contributed by atoms with Crippen molar-refractivity contribution >= 4 is 33.9 Å². The predicted molar refractivity (Wildman–Crippen MR) is 107 cm³/mol. The molecule has 28 heavy (non-hydrogen) atoms. The highest BCUT2D eigenvalue weighted by molar-refractivity contribution is 5.98. The van der Waals surface area contributed by atoms with Gasteiger partial charge in [0.05, 0.1) is 34.7 Å². The van der Waals surface area contributed by atoms with E-state index in [-0.39, 0.29) is 11.8 Å². The fourth-order valence-corrected chi connectivity index (χ4v) is 3.28. The molecule has 0 spiro atoms. The maximum absolute atomic E-state index is 11.8. The minimum atomic E-state index is -0.364. The lowest BCUT2D eigenvalue weighted by Crippen LogP contribution is -2.10. The van der Waals surface area contributed by atoms with E-state index in [0.717, 1.165) is 33.7 Å². The quantitative estimate of drug-likeness (QED) is 0.280. The molecule has 0 aliphatic heterocycles. The van der Waals surface area contributed by atoms with Gasteiger partial charge in [-0.2, -0.15) is 0 Å². The van der Waals surface area contributed by atoms with E-state index in [1.165, 1.54) is 7.11 Å². The molecule has 2 heterocycles. The lowest BCUT2D eigenvalue weighted by molar-refractivity contribution is 0.0601. The summed E-state index contributed by atoms with van der Waals surface area (Å²) in [6.07, 6.45) is 1.38. The van der Waals surface area contributed by atoms with Crippen LogP contribution in [0.3, 0.4) is 0 Å². The van der Waals surface area contributed by atoms with Crippen molar-refractivity contribution < 1.29 is 9.53 Å².